The third-order valence-electron chi connectivity index (χ3n) is 5.04. The molecule has 2 aromatic rings. The molecule has 0 saturated carbocycles. The number of aromatic nitrogens is 3. The molecule has 30 heavy (non-hydrogen) atoms. The predicted octanol–water partition coefficient (Wildman–Crippen LogP) is 1.73. The molecule has 11 nitrogen and oxygen atoms in total. The molecule has 160 valence electrons. The smallest absolute Gasteiger partial charge is 0.434 e. The third-order valence-corrected chi connectivity index (χ3v) is 5.04. The molecule has 0 spiro atoms. The van der Waals surface area contributed by atoms with E-state index in [-0.39, 0.29) is 13.2 Å². The van der Waals surface area contributed by atoms with Gasteiger partial charge in [-0.1, -0.05) is 6.92 Å². The van der Waals surface area contributed by atoms with Crippen LogP contribution in [-0.2, 0) is 23.7 Å². The number of hydrogen-bond acceptors (Lipinski definition) is 10. The Labute approximate surface area is 172 Å². The summed E-state index contributed by atoms with van der Waals surface area (Å²) in [5.41, 5.74) is 5.55. The number of nitrogens with two attached hydrogens (primary N) is 1. The number of nitrogens with zero attached hydrogens (tertiary/aromatic N) is 4. The van der Waals surface area contributed by atoms with Gasteiger partial charge in [0.25, 0.3) is 0 Å². The van der Waals surface area contributed by atoms with Gasteiger partial charge >= 0.3 is 6.16 Å². The van der Waals surface area contributed by atoms with Crippen molar-refractivity contribution in [2.24, 2.45) is 0 Å². The molecule has 11 heteroatoms. The van der Waals surface area contributed by atoms with Crippen LogP contribution >= 0.6 is 0 Å². The molecule has 0 aromatic carbocycles. The minimum absolute atomic E-state index is 0.220. The lowest BCUT2D eigenvalue weighted by atomic mass is 9.96. The van der Waals surface area contributed by atoms with Crippen LogP contribution in [0.15, 0.2) is 18.5 Å². The molecule has 0 radical (unpaired) electrons. The molecule has 4 rings (SSSR count). The zero-order chi connectivity index (χ0) is 21.5. The molecular weight excluding hydrogens is 394 g/mol. The summed E-state index contributed by atoms with van der Waals surface area (Å²) in [5.74, 6) is -0.647. The summed E-state index contributed by atoms with van der Waals surface area (Å²) in [7, 11) is 0. The van der Waals surface area contributed by atoms with Crippen LogP contribution in [0.5, 0.6) is 0 Å². The Balaban J connectivity index is 1.67. The summed E-state index contributed by atoms with van der Waals surface area (Å²) in [6.07, 6.45) is -1.04. The van der Waals surface area contributed by atoms with Crippen molar-refractivity contribution in [1.82, 2.24) is 14.6 Å². The maximum atomic E-state index is 11.8. The van der Waals surface area contributed by atoms with Gasteiger partial charge in [-0.25, -0.2) is 14.3 Å². The fourth-order valence-corrected chi connectivity index (χ4v) is 3.78. The first-order valence-electron chi connectivity index (χ1n) is 9.62. The molecule has 0 amide bonds. The molecule has 4 heterocycles. The molecule has 2 aliphatic heterocycles. The fraction of sp³-hybridized carbons (Fsp3) is 0.579. The maximum absolute atomic E-state index is 11.8. The van der Waals surface area contributed by atoms with Gasteiger partial charge in [-0.05, 0) is 32.4 Å². The number of hydrogen-bond donors (Lipinski definition) is 1. The van der Waals surface area contributed by atoms with Crippen molar-refractivity contribution in [3.8, 4) is 6.07 Å². The molecule has 2 aromatic heterocycles. The highest BCUT2D eigenvalue weighted by Gasteiger charge is 2.65. The van der Waals surface area contributed by atoms with Gasteiger partial charge in [0.1, 0.15) is 42.8 Å². The van der Waals surface area contributed by atoms with E-state index in [1.807, 2.05) is 6.92 Å². The maximum Gasteiger partial charge on any atom is 0.508 e. The number of nitriles is 1. The van der Waals surface area contributed by atoms with Gasteiger partial charge in [0.05, 0.1) is 12.3 Å². The lowest BCUT2D eigenvalue weighted by molar-refractivity contribution is -0.205. The summed E-state index contributed by atoms with van der Waals surface area (Å²) >= 11 is 0. The zero-order valence-electron chi connectivity index (χ0n) is 16.9. The van der Waals surface area contributed by atoms with Gasteiger partial charge < -0.3 is 29.4 Å². The lowest BCUT2D eigenvalue weighted by Crippen LogP contribution is -2.46. The second-order valence-electron chi connectivity index (χ2n) is 7.65. The molecule has 0 bridgehead atoms. The Kier molecular flexibility index (Phi) is 5.01. The molecule has 2 fully saturated rings. The number of anilines is 1. The Morgan fingerprint density at radius 1 is 1.33 bits per heavy atom. The van der Waals surface area contributed by atoms with Crippen LogP contribution in [0.2, 0.25) is 0 Å². The number of carbonyl (C=O) groups is 1. The van der Waals surface area contributed by atoms with E-state index >= 15 is 0 Å². The summed E-state index contributed by atoms with van der Waals surface area (Å²) < 4.78 is 29.9. The molecule has 2 aliphatic rings. The van der Waals surface area contributed by atoms with Gasteiger partial charge in [-0.2, -0.15) is 10.4 Å². The SMILES string of the molecule is CCCOC(=O)OC[C@@]1(C#N)O[C@@H](c2ccc3c(N)ncnn23)[C@@H]2OC(C)(C)O[C@@H]21. The molecular formula is C19H23N5O6. The monoisotopic (exact) mass is 417 g/mol. The third kappa shape index (κ3) is 3.32. The molecule has 0 aliphatic carbocycles. The van der Waals surface area contributed by atoms with Crippen LogP contribution in [0.25, 0.3) is 5.52 Å². The summed E-state index contributed by atoms with van der Waals surface area (Å²) in [4.78, 5) is 15.8. The molecule has 0 unspecified atom stereocenters. The van der Waals surface area contributed by atoms with Crippen LogP contribution in [0.3, 0.4) is 0 Å². The van der Waals surface area contributed by atoms with Crippen LogP contribution < -0.4 is 5.73 Å². The molecule has 4 atom stereocenters. The quantitative estimate of drug-likeness (QED) is 0.714. The number of carbonyl (C=O) groups excluding carboxylic acids is 1. The summed E-state index contributed by atoms with van der Waals surface area (Å²) in [6, 6.07) is 5.66. The van der Waals surface area contributed by atoms with E-state index in [9.17, 15) is 10.1 Å². The van der Waals surface area contributed by atoms with E-state index in [1.54, 1.807) is 30.5 Å². The second kappa shape index (κ2) is 7.39. The van der Waals surface area contributed by atoms with Crippen LogP contribution in [0.4, 0.5) is 10.6 Å². The number of fused-ring (bicyclic) bond motifs is 2. The van der Waals surface area contributed by atoms with Crippen molar-refractivity contribution in [1.29, 1.82) is 5.26 Å². The Morgan fingerprint density at radius 2 is 2.13 bits per heavy atom. The highest BCUT2D eigenvalue weighted by Crippen LogP contribution is 2.50. The second-order valence-corrected chi connectivity index (χ2v) is 7.65. The number of nitrogen functional groups attached to an aromatic ring is 1. The van der Waals surface area contributed by atoms with Gasteiger partial charge in [0.15, 0.2) is 11.6 Å². The Morgan fingerprint density at radius 3 is 2.87 bits per heavy atom. The highest BCUT2D eigenvalue weighted by atomic mass is 16.8. The lowest BCUT2D eigenvalue weighted by Gasteiger charge is -2.28. The summed E-state index contributed by atoms with van der Waals surface area (Å²) in [6.45, 7) is 5.21. The summed E-state index contributed by atoms with van der Waals surface area (Å²) in [5, 5.41) is 14.2. The van der Waals surface area contributed by atoms with Crippen molar-refractivity contribution in [3.05, 3.63) is 24.2 Å². The topological polar surface area (TPSA) is 143 Å². The van der Waals surface area contributed by atoms with Crippen molar-refractivity contribution < 1.29 is 28.5 Å². The molecule has 2 N–H and O–H groups in total. The van der Waals surface area contributed by atoms with Crippen molar-refractivity contribution >= 4 is 17.5 Å². The molecule has 2 saturated heterocycles. The van der Waals surface area contributed by atoms with Gasteiger partial charge in [0, 0.05) is 0 Å². The first-order valence-corrected chi connectivity index (χ1v) is 9.62. The van der Waals surface area contributed by atoms with Crippen LogP contribution in [0, 0.1) is 11.3 Å². The predicted molar refractivity (Wildman–Crippen MR) is 101 cm³/mol. The van der Waals surface area contributed by atoms with Crippen molar-refractivity contribution in [3.63, 3.8) is 0 Å². The van der Waals surface area contributed by atoms with E-state index in [0.29, 0.717) is 23.4 Å². The number of rotatable bonds is 5. The first-order chi connectivity index (χ1) is 14.3. The normalized spacial score (nSPS) is 29.5. The van der Waals surface area contributed by atoms with E-state index in [1.165, 1.54) is 6.33 Å². The fourth-order valence-electron chi connectivity index (χ4n) is 3.78. The Hall–Kier alpha value is -2.94. The minimum atomic E-state index is -1.59. The minimum Gasteiger partial charge on any atom is -0.434 e. The van der Waals surface area contributed by atoms with Gasteiger partial charge in [-0.15, -0.1) is 0 Å². The van der Waals surface area contributed by atoms with E-state index in [4.69, 9.17) is 29.4 Å². The zero-order valence-corrected chi connectivity index (χ0v) is 16.9. The average Bonchev–Trinajstić information content (AvgIpc) is 3.36. The van der Waals surface area contributed by atoms with E-state index in [0.717, 1.165) is 0 Å². The average molecular weight is 417 g/mol. The first kappa shape index (κ1) is 20.3. The number of ether oxygens (including phenoxy) is 5. The highest BCUT2D eigenvalue weighted by molar-refractivity contribution is 5.65. The largest absolute Gasteiger partial charge is 0.508 e. The van der Waals surface area contributed by atoms with E-state index in [2.05, 4.69) is 16.2 Å². The van der Waals surface area contributed by atoms with Crippen molar-refractivity contribution in [2.75, 3.05) is 18.9 Å². The van der Waals surface area contributed by atoms with Gasteiger partial charge in [-0.3, -0.25) is 0 Å². The van der Waals surface area contributed by atoms with E-state index < -0.39 is 35.9 Å². The van der Waals surface area contributed by atoms with Gasteiger partial charge in [0.2, 0.25) is 5.60 Å². The Bertz CT molecular complexity index is 1000. The van der Waals surface area contributed by atoms with Crippen LogP contribution in [-0.4, -0.2) is 57.6 Å². The van der Waals surface area contributed by atoms with Crippen LogP contribution in [0.1, 0.15) is 39.0 Å². The standard InChI is InChI=1S/C19H23N5O6/c1-4-7-26-17(25)27-9-19(8-20)15-14(28-18(2,3)30-15)13(29-19)11-5-6-12-16(21)22-10-23-24(11)12/h5-6,10,13-15H,4,7,9H2,1-3H3,(H2,21,22,23)/t13-,14-,15-,19+/m0/s1. The van der Waals surface area contributed by atoms with Crippen molar-refractivity contribution in [2.45, 2.75) is 56.9 Å².